The molecule has 1 amide bonds. The number of pyridine rings is 1. The van der Waals surface area contributed by atoms with Gasteiger partial charge in [-0.05, 0) is 37.1 Å². The fraction of sp³-hybridized carbons (Fsp3) is 0.217. The third-order valence-corrected chi connectivity index (χ3v) is 5.32. The van der Waals surface area contributed by atoms with Crippen LogP contribution in [-0.2, 0) is 0 Å². The predicted molar refractivity (Wildman–Crippen MR) is 113 cm³/mol. The van der Waals surface area contributed by atoms with Crippen LogP contribution in [0.1, 0.15) is 23.2 Å². The van der Waals surface area contributed by atoms with Crippen LogP contribution in [0, 0.1) is 0 Å². The van der Waals surface area contributed by atoms with Crippen molar-refractivity contribution in [2.45, 2.75) is 18.9 Å². The van der Waals surface area contributed by atoms with E-state index in [1.807, 2.05) is 59.5 Å². The molecule has 0 saturated carbocycles. The molecule has 1 aliphatic heterocycles. The minimum atomic E-state index is -0.0784. The van der Waals surface area contributed by atoms with Gasteiger partial charge in [-0.2, -0.15) is 15.0 Å². The third-order valence-electron chi connectivity index (χ3n) is 5.32. The van der Waals surface area contributed by atoms with Crippen LogP contribution in [0.3, 0.4) is 0 Å². The van der Waals surface area contributed by atoms with E-state index in [1.54, 1.807) is 18.6 Å². The number of nitrogens with zero attached hydrogens (tertiary/aromatic N) is 5. The Morgan fingerprint density at radius 2 is 1.80 bits per heavy atom. The van der Waals surface area contributed by atoms with Crippen LogP contribution in [0.15, 0.2) is 73.2 Å². The summed E-state index contributed by atoms with van der Waals surface area (Å²) in [7, 11) is 0. The summed E-state index contributed by atoms with van der Waals surface area (Å²) < 4.78 is 6.30. The summed E-state index contributed by atoms with van der Waals surface area (Å²) in [6.45, 7) is 1.23. The summed E-state index contributed by atoms with van der Waals surface area (Å²) in [6.07, 6.45) is 6.68. The highest BCUT2D eigenvalue weighted by atomic mass is 16.5. The van der Waals surface area contributed by atoms with E-state index in [1.165, 1.54) is 4.80 Å². The maximum atomic E-state index is 13.3. The van der Waals surface area contributed by atoms with Crippen molar-refractivity contribution in [1.82, 2.24) is 24.9 Å². The first kappa shape index (κ1) is 18.3. The summed E-state index contributed by atoms with van der Waals surface area (Å²) in [5, 5.41) is 9.40. The second-order valence-corrected chi connectivity index (χ2v) is 7.30. The Bertz CT molecular complexity index is 1170. The first-order valence-electron chi connectivity index (χ1n) is 10.0. The van der Waals surface area contributed by atoms with Gasteiger partial charge in [0.15, 0.2) is 0 Å². The summed E-state index contributed by atoms with van der Waals surface area (Å²) in [5.41, 5.74) is 2.11. The Hall–Kier alpha value is -3.74. The zero-order chi connectivity index (χ0) is 20.3. The summed E-state index contributed by atoms with van der Waals surface area (Å²) in [6, 6.07) is 17.3. The number of rotatable bonds is 4. The molecule has 4 aromatic rings. The average Bonchev–Trinajstić information content (AvgIpc) is 3.34. The van der Waals surface area contributed by atoms with Crippen LogP contribution in [-0.4, -0.2) is 50.0 Å². The zero-order valence-electron chi connectivity index (χ0n) is 16.4. The number of para-hydroxylation sites is 2. The van der Waals surface area contributed by atoms with Gasteiger partial charge in [0.2, 0.25) is 0 Å². The van der Waals surface area contributed by atoms with Crippen molar-refractivity contribution in [3.05, 3.63) is 78.8 Å². The third kappa shape index (κ3) is 3.50. The quantitative estimate of drug-likeness (QED) is 0.525. The average molecular weight is 399 g/mol. The van der Waals surface area contributed by atoms with Gasteiger partial charge in [-0.15, -0.1) is 0 Å². The maximum absolute atomic E-state index is 13.3. The molecular weight excluding hydrogens is 378 g/mol. The molecule has 0 bridgehead atoms. The number of carbonyl (C=O) groups is 1. The molecule has 0 N–H and O–H groups in total. The molecule has 0 radical (unpaired) electrons. The molecule has 0 aliphatic carbocycles. The molecule has 2 aromatic heterocycles. The lowest BCUT2D eigenvalue weighted by molar-refractivity contribution is 0.0540. The van der Waals surface area contributed by atoms with Gasteiger partial charge in [-0.3, -0.25) is 9.78 Å². The van der Waals surface area contributed by atoms with E-state index in [9.17, 15) is 4.79 Å². The highest BCUT2D eigenvalue weighted by Crippen LogP contribution is 2.27. The molecule has 150 valence electrons. The van der Waals surface area contributed by atoms with E-state index in [-0.39, 0.29) is 12.0 Å². The van der Waals surface area contributed by atoms with Gasteiger partial charge < -0.3 is 9.64 Å². The molecule has 5 rings (SSSR count). The molecule has 1 saturated heterocycles. The standard InChI is InChI=1S/C23H21N5O2/c29-23(19-9-1-2-10-20(19)28-25-13-14-26-28)27-15-5-8-18(16-27)30-21-11-3-6-17-7-4-12-24-22(17)21/h1-4,6-7,9-14,18H,5,8,15-16H2. The van der Waals surface area contributed by atoms with E-state index in [0.29, 0.717) is 24.3 Å². The molecule has 3 heterocycles. The smallest absolute Gasteiger partial charge is 0.256 e. The van der Waals surface area contributed by atoms with Gasteiger partial charge in [0.1, 0.15) is 17.4 Å². The Balaban J connectivity index is 1.37. The fourth-order valence-corrected chi connectivity index (χ4v) is 3.91. The van der Waals surface area contributed by atoms with Crippen LogP contribution in [0.2, 0.25) is 0 Å². The second-order valence-electron chi connectivity index (χ2n) is 7.30. The Kier molecular flexibility index (Phi) is 4.85. The molecule has 1 atom stereocenters. The summed E-state index contributed by atoms with van der Waals surface area (Å²) in [4.78, 5) is 21.1. The number of amides is 1. The maximum Gasteiger partial charge on any atom is 0.256 e. The van der Waals surface area contributed by atoms with Crippen LogP contribution >= 0.6 is 0 Å². The number of carbonyl (C=O) groups excluding carboxylic acids is 1. The summed E-state index contributed by atoms with van der Waals surface area (Å²) >= 11 is 0. The number of benzene rings is 2. The molecule has 7 nitrogen and oxygen atoms in total. The van der Waals surface area contributed by atoms with Crippen molar-refractivity contribution < 1.29 is 9.53 Å². The molecule has 1 aliphatic rings. The van der Waals surface area contributed by atoms with Gasteiger partial charge in [0, 0.05) is 18.1 Å². The lowest BCUT2D eigenvalue weighted by atomic mass is 10.1. The molecule has 1 fully saturated rings. The summed E-state index contributed by atoms with van der Waals surface area (Å²) in [5.74, 6) is 0.723. The van der Waals surface area contributed by atoms with Gasteiger partial charge in [-0.1, -0.05) is 30.3 Å². The van der Waals surface area contributed by atoms with Crippen LogP contribution in [0.5, 0.6) is 5.75 Å². The molecule has 1 unspecified atom stereocenters. The number of likely N-dealkylation sites (tertiary alicyclic amines) is 1. The van der Waals surface area contributed by atoms with E-state index >= 15 is 0 Å². The Labute approximate surface area is 173 Å². The number of ether oxygens (including phenoxy) is 1. The SMILES string of the molecule is O=C(c1ccccc1-n1nccn1)N1CCCC(Oc2cccc3cccnc23)C1. The highest BCUT2D eigenvalue weighted by Gasteiger charge is 2.27. The van der Waals surface area contributed by atoms with Crippen molar-refractivity contribution in [2.24, 2.45) is 0 Å². The van der Waals surface area contributed by atoms with Gasteiger partial charge in [0.25, 0.3) is 5.91 Å². The topological polar surface area (TPSA) is 73.1 Å². The van der Waals surface area contributed by atoms with Crippen LogP contribution in [0.4, 0.5) is 0 Å². The number of piperidine rings is 1. The van der Waals surface area contributed by atoms with E-state index in [0.717, 1.165) is 29.5 Å². The predicted octanol–water partition coefficient (Wildman–Crippen LogP) is 3.50. The largest absolute Gasteiger partial charge is 0.486 e. The first-order chi connectivity index (χ1) is 14.8. The van der Waals surface area contributed by atoms with E-state index in [4.69, 9.17) is 4.74 Å². The Morgan fingerprint density at radius 3 is 2.70 bits per heavy atom. The van der Waals surface area contributed by atoms with Gasteiger partial charge in [0.05, 0.1) is 30.2 Å². The van der Waals surface area contributed by atoms with E-state index < -0.39 is 0 Å². The van der Waals surface area contributed by atoms with Crippen molar-refractivity contribution in [2.75, 3.05) is 13.1 Å². The second kappa shape index (κ2) is 7.94. The van der Waals surface area contributed by atoms with Crippen LogP contribution in [0.25, 0.3) is 16.6 Å². The van der Waals surface area contributed by atoms with Crippen molar-refractivity contribution >= 4 is 16.8 Å². The minimum Gasteiger partial charge on any atom is -0.486 e. The van der Waals surface area contributed by atoms with Crippen molar-refractivity contribution in [3.8, 4) is 11.4 Å². The lowest BCUT2D eigenvalue weighted by Gasteiger charge is -2.33. The van der Waals surface area contributed by atoms with E-state index in [2.05, 4.69) is 15.2 Å². The monoisotopic (exact) mass is 399 g/mol. The zero-order valence-corrected chi connectivity index (χ0v) is 16.4. The molecule has 7 heteroatoms. The first-order valence-corrected chi connectivity index (χ1v) is 10.0. The molecule has 2 aromatic carbocycles. The Morgan fingerprint density at radius 1 is 0.967 bits per heavy atom. The van der Waals surface area contributed by atoms with Crippen LogP contribution < -0.4 is 4.74 Å². The highest BCUT2D eigenvalue weighted by molar-refractivity contribution is 5.97. The van der Waals surface area contributed by atoms with Gasteiger partial charge >= 0.3 is 0 Å². The normalized spacial score (nSPS) is 16.5. The molecule has 0 spiro atoms. The number of hydrogen-bond acceptors (Lipinski definition) is 5. The molecule has 30 heavy (non-hydrogen) atoms. The number of fused-ring (bicyclic) bond motifs is 1. The van der Waals surface area contributed by atoms with Gasteiger partial charge in [-0.25, -0.2) is 0 Å². The minimum absolute atomic E-state index is 0.0350. The number of aromatic nitrogens is 4. The van der Waals surface area contributed by atoms with Crippen molar-refractivity contribution in [3.63, 3.8) is 0 Å². The molecular formula is C23H21N5O2. The van der Waals surface area contributed by atoms with Crippen molar-refractivity contribution in [1.29, 1.82) is 0 Å². The lowest BCUT2D eigenvalue weighted by Crippen LogP contribution is -2.44. The number of hydrogen-bond donors (Lipinski definition) is 0. The fourth-order valence-electron chi connectivity index (χ4n) is 3.91.